The predicted molar refractivity (Wildman–Crippen MR) is 98.3 cm³/mol. The lowest BCUT2D eigenvalue weighted by molar-refractivity contribution is -0.132. The predicted octanol–water partition coefficient (Wildman–Crippen LogP) is 3.04. The molecule has 0 spiro atoms. The lowest BCUT2D eigenvalue weighted by Gasteiger charge is -2.24. The van der Waals surface area contributed by atoms with Gasteiger partial charge in [0, 0.05) is 25.2 Å². The normalized spacial score (nSPS) is 14.8. The van der Waals surface area contributed by atoms with Crippen molar-refractivity contribution in [2.24, 2.45) is 0 Å². The van der Waals surface area contributed by atoms with Gasteiger partial charge in [-0.05, 0) is 30.5 Å². The summed E-state index contributed by atoms with van der Waals surface area (Å²) in [5.41, 5.74) is 1.73. The third kappa shape index (κ3) is 4.83. The number of hydrogen-bond donors (Lipinski definition) is 2. The van der Waals surface area contributed by atoms with Crippen LogP contribution in [0.5, 0.6) is 0 Å². The van der Waals surface area contributed by atoms with Gasteiger partial charge in [-0.15, -0.1) is 0 Å². The minimum atomic E-state index is -0.566. The highest BCUT2D eigenvalue weighted by Gasteiger charge is 2.28. The number of likely N-dealkylation sites (tertiary alicyclic amines) is 1. The largest absolute Gasteiger partial charge is 0.341 e. The Kier molecular flexibility index (Phi) is 5.67. The maximum atomic E-state index is 12.8. The highest BCUT2D eigenvalue weighted by Crippen LogP contribution is 2.13. The van der Waals surface area contributed by atoms with Crippen molar-refractivity contribution in [1.82, 2.24) is 10.2 Å². The first-order valence-corrected chi connectivity index (χ1v) is 8.67. The molecule has 25 heavy (non-hydrogen) atoms. The summed E-state index contributed by atoms with van der Waals surface area (Å²) in [6, 6.07) is 18.1. The van der Waals surface area contributed by atoms with Crippen molar-refractivity contribution in [3.63, 3.8) is 0 Å². The fourth-order valence-corrected chi connectivity index (χ4v) is 3.05. The van der Waals surface area contributed by atoms with E-state index in [-0.39, 0.29) is 11.9 Å². The van der Waals surface area contributed by atoms with E-state index in [0.717, 1.165) is 31.5 Å². The summed E-state index contributed by atoms with van der Waals surface area (Å²) in [5, 5.41) is 5.63. The average Bonchev–Trinajstić information content (AvgIpc) is 3.17. The van der Waals surface area contributed by atoms with Crippen LogP contribution in [0.2, 0.25) is 0 Å². The van der Waals surface area contributed by atoms with Gasteiger partial charge in [0.15, 0.2) is 0 Å². The molecule has 1 saturated heterocycles. The summed E-state index contributed by atoms with van der Waals surface area (Å²) < 4.78 is 0. The molecule has 1 aliphatic rings. The van der Waals surface area contributed by atoms with Gasteiger partial charge in [-0.25, -0.2) is 4.79 Å². The third-order valence-corrected chi connectivity index (χ3v) is 4.34. The Morgan fingerprint density at radius 3 is 2.16 bits per heavy atom. The second kappa shape index (κ2) is 8.33. The van der Waals surface area contributed by atoms with Gasteiger partial charge in [0.25, 0.3) is 0 Å². The first-order chi connectivity index (χ1) is 12.2. The molecule has 5 heteroatoms. The van der Waals surface area contributed by atoms with E-state index in [0.29, 0.717) is 12.1 Å². The second-order valence-corrected chi connectivity index (χ2v) is 6.24. The molecule has 0 aliphatic carbocycles. The molecule has 0 bridgehead atoms. The molecule has 3 amide bonds. The van der Waals surface area contributed by atoms with Gasteiger partial charge >= 0.3 is 6.03 Å². The first kappa shape index (κ1) is 17.0. The number of nitrogens with one attached hydrogen (secondary N) is 2. The van der Waals surface area contributed by atoms with Crippen LogP contribution in [0.25, 0.3) is 0 Å². The van der Waals surface area contributed by atoms with Crippen molar-refractivity contribution >= 4 is 17.6 Å². The van der Waals surface area contributed by atoms with E-state index < -0.39 is 6.04 Å². The number of rotatable bonds is 5. The molecule has 130 valence electrons. The van der Waals surface area contributed by atoms with E-state index in [9.17, 15) is 9.59 Å². The van der Waals surface area contributed by atoms with Crippen molar-refractivity contribution < 1.29 is 9.59 Å². The molecule has 2 aromatic carbocycles. The quantitative estimate of drug-likeness (QED) is 0.881. The molecular weight excluding hydrogens is 314 g/mol. The van der Waals surface area contributed by atoms with Gasteiger partial charge in [0.05, 0.1) is 0 Å². The smallest absolute Gasteiger partial charge is 0.319 e. The van der Waals surface area contributed by atoms with E-state index in [1.807, 2.05) is 65.6 Å². The summed E-state index contributed by atoms with van der Waals surface area (Å²) in [6.45, 7) is 1.54. The number of para-hydroxylation sites is 1. The molecule has 3 rings (SSSR count). The van der Waals surface area contributed by atoms with Crippen molar-refractivity contribution in [2.75, 3.05) is 18.4 Å². The Hall–Kier alpha value is -2.82. The summed E-state index contributed by atoms with van der Waals surface area (Å²) in [5.74, 6) is -0.00966. The van der Waals surface area contributed by atoms with Crippen LogP contribution in [0.3, 0.4) is 0 Å². The zero-order valence-electron chi connectivity index (χ0n) is 14.2. The lowest BCUT2D eigenvalue weighted by atomic mass is 10.0. The highest BCUT2D eigenvalue weighted by molar-refractivity contribution is 5.93. The molecule has 2 aromatic rings. The summed E-state index contributed by atoms with van der Waals surface area (Å²) in [6.07, 6.45) is 2.54. The van der Waals surface area contributed by atoms with Gasteiger partial charge < -0.3 is 15.5 Å². The van der Waals surface area contributed by atoms with Crippen LogP contribution >= 0.6 is 0 Å². The zero-order chi connectivity index (χ0) is 17.5. The first-order valence-electron chi connectivity index (χ1n) is 8.67. The number of nitrogens with zero attached hydrogens (tertiary/aromatic N) is 1. The van der Waals surface area contributed by atoms with E-state index in [4.69, 9.17) is 0 Å². The van der Waals surface area contributed by atoms with Gasteiger partial charge in [-0.3, -0.25) is 4.79 Å². The average molecular weight is 337 g/mol. The Morgan fingerprint density at radius 1 is 0.920 bits per heavy atom. The minimum absolute atomic E-state index is 0.00966. The molecule has 2 N–H and O–H groups in total. The van der Waals surface area contributed by atoms with Crippen LogP contribution in [0, 0.1) is 0 Å². The van der Waals surface area contributed by atoms with Crippen LogP contribution in [0.15, 0.2) is 60.7 Å². The van der Waals surface area contributed by atoms with Crippen molar-refractivity contribution in [3.8, 4) is 0 Å². The van der Waals surface area contributed by atoms with Crippen LogP contribution < -0.4 is 10.6 Å². The third-order valence-electron chi connectivity index (χ3n) is 4.34. The molecule has 0 radical (unpaired) electrons. The van der Waals surface area contributed by atoms with Crippen LogP contribution in [-0.2, 0) is 11.2 Å². The Labute approximate surface area is 148 Å². The van der Waals surface area contributed by atoms with E-state index in [1.54, 1.807) is 0 Å². The maximum Gasteiger partial charge on any atom is 0.319 e. The number of anilines is 1. The standard InChI is InChI=1S/C20H23N3O2/c24-19(23-13-7-8-14-23)18(15-16-9-3-1-4-10-16)22-20(25)21-17-11-5-2-6-12-17/h1-6,9-12,18H,7-8,13-15H2,(H2,21,22,25). The van der Waals surface area contributed by atoms with Crippen molar-refractivity contribution in [1.29, 1.82) is 0 Å². The molecule has 1 aliphatic heterocycles. The molecule has 0 aromatic heterocycles. The molecule has 1 fully saturated rings. The number of amides is 3. The van der Waals surface area contributed by atoms with Crippen LogP contribution in [0.4, 0.5) is 10.5 Å². The van der Waals surface area contributed by atoms with E-state index in [2.05, 4.69) is 10.6 Å². The van der Waals surface area contributed by atoms with Crippen LogP contribution in [0.1, 0.15) is 18.4 Å². The van der Waals surface area contributed by atoms with Gasteiger partial charge in [-0.2, -0.15) is 0 Å². The summed E-state index contributed by atoms with van der Waals surface area (Å²) in [7, 11) is 0. The molecular formula is C20H23N3O2. The molecule has 5 nitrogen and oxygen atoms in total. The van der Waals surface area contributed by atoms with Gasteiger partial charge in [0.2, 0.25) is 5.91 Å². The maximum absolute atomic E-state index is 12.8. The van der Waals surface area contributed by atoms with Crippen molar-refractivity contribution in [2.45, 2.75) is 25.3 Å². The van der Waals surface area contributed by atoms with Gasteiger partial charge in [0.1, 0.15) is 6.04 Å². The summed E-state index contributed by atoms with van der Waals surface area (Å²) in [4.78, 5) is 27.0. The molecule has 1 unspecified atom stereocenters. The highest BCUT2D eigenvalue weighted by atomic mass is 16.2. The molecule has 0 saturated carbocycles. The fourth-order valence-electron chi connectivity index (χ4n) is 3.05. The topological polar surface area (TPSA) is 61.4 Å². The zero-order valence-corrected chi connectivity index (χ0v) is 14.2. The monoisotopic (exact) mass is 337 g/mol. The summed E-state index contributed by atoms with van der Waals surface area (Å²) >= 11 is 0. The fraction of sp³-hybridized carbons (Fsp3) is 0.300. The lowest BCUT2D eigenvalue weighted by Crippen LogP contribution is -2.50. The van der Waals surface area contributed by atoms with Crippen LogP contribution in [-0.4, -0.2) is 36.0 Å². The molecule has 1 heterocycles. The van der Waals surface area contributed by atoms with E-state index in [1.165, 1.54) is 0 Å². The Morgan fingerprint density at radius 2 is 1.52 bits per heavy atom. The van der Waals surface area contributed by atoms with Gasteiger partial charge in [-0.1, -0.05) is 48.5 Å². The number of urea groups is 1. The van der Waals surface area contributed by atoms with E-state index >= 15 is 0 Å². The number of hydrogen-bond acceptors (Lipinski definition) is 2. The number of benzene rings is 2. The Balaban J connectivity index is 1.68. The number of carbonyl (C=O) groups excluding carboxylic acids is 2. The SMILES string of the molecule is O=C(Nc1ccccc1)NC(Cc1ccccc1)C(=O)N1CCCC1. The van der Waals surface area contributed by atoms with Crippen molar-refractivity contribution in [3.05, 3.63) is 66.2 Å². The number of carbonyl (C=O) groups is 2. The second-order valence-electron chi connectivity index (χ2n) is 6.24. The minimum Gasteiger partial charge on any atom is -0.341 e. The Bertz CT molecular complexity index is 697. The molecule has 1 atom stereocenters.